The fourth-order valence-corrected chi connectivity index (χ4v) is 2.05. The summed E-state index contributed by atoms with van der Waals surface area (Å²) in [5.41, 5.74) is 10.3. The van der Waals surface area contributed by atoms with E-state index in [0.717, 1.165) is 17.9 Å². The second-order valence-corrected chi connectivity index (χ2v) is 4.43. The smallest absolute Gasteiger partial charge is 0.140 e. The van der Waals surface area contributed by atoms with E-state index < -0.39 is 0 Å². The quantitative estimate of drug-likeness (QED) is 0.877. The first-order chi connectivity index (χ1) is 8.13. The summed E-state index contributed by atoms with van der Waals surface area (Å²) < 4.78 is 2.14. The minimum Gasteiger partial charge on any atom is -0.331 e. The highest BCUT2D eigenvalue weighted by atomic mass is 15.1. The van der Waals surface area contributed by atoms with Crippen LogP contribution in [0.4, 0.5) is 0 Å². The van der Waals surface area contributed by atoms with Crippen molar-refractivity contribution >= 4 is 0 Å². The minimum absolute atomic E-state index is 0.644. The first kappa shape index (κ1) is 11.9. The van der Waals surface area contributed by atoms with Gasteiger partial charge in [-0.2, -0.15) is 0 Å². The molecule has 0 saturated heterocycles. The SMILES string of the molecule is Cc1cccc(-c2nc(CCN)c(C)n2C)c1. The predicted octanol–water partition coefficient (Wildman–Crippen LogP) is 2.21. The molecule has 0 unspecified atom stereocenters. The van der Waals surface area contributed by atoms with Crippen LogP contribution < -0.4 is 5.73 Å². The number of aromatic nitrogens is 2. The Balaban J connectivity index is 2.49. The number of nitrogens with two attached hydrogens (primary N) is 1. The lowest BCUT2D eigenvalue weighted by Crippen LogP contribution is -2.04. The van der Waals surface area contributed by atoms with Crippen molar-refractivity contribution in [3.8, 4) is 11.4 Å². The predicted molar refractivity (Wildman–Crippen MR) is 70.9 cm³/mol. The molecule has 3 heteroatoms. The van der Waals surface area contributed by atoms with E-state index in [2.05, 4.69) is 49.7 Å². The van der Waals surface area contributed by atoms with Crippen LogP contribution in [0.15, 0.2) is 24.3 Å². The molecule has 0 aliphatic rings. The van der Waals surface area contributed by atoms with Gasteiger partial charge < -0.3 is 10.3 Å². The second-order valence-electron chi connectivity index (χ2n) is 4.43. The Labute approximate surface area is 102 Å². The third-order valence-electron chi connectivity index (χ3n) is 3.14. The summed E-state index contributed by atoms with van der Waals surface area (Å²) in [6.07, 6.45) is 0.839. The Hall–Kier alpha value is -1.61. The minimum atomic E-state index is 0.644. The molecule has 0 radical (unpaired) electrons. The summed E-state index contributed by atoms with van der Waals surface area (Å²) in [4.78, 5) is 4.69. The Morgan fingerprint density at radius 3 is 2.71 bits per heavy atom. The molecule has 1 aromatic heterocycles. The zero-order chi connectivity index (χ0) is 12.4. The van der Waals surface area contributed by atoms with Crippen molar-refractivity contribution in [1.29, 1.82) is 0 Å². The fraction of sp³-hybridized carbons (Fsp3) is 0.357. The Bertz CT molecular complexity index is 526. The molecular formula is C14H19N3. The van der Waals surface area contributed by atoms with Gasteiger partial charge in [0.25, 0.3) is 0 Å². The van der Waals surface area contributed by atoms with E-state index in [-0.39, 0.29) is 0 Å². The molecule has 0 fully saturated rings. The maximum atomic E-state index is 5.60. The van der Waals surface area contributed by atoms with Gasteiger partial charge in [0.15, 0.2) is 0 Å². The number of rotatable bonds is 3. The highest BCUT2D eigenvalue weighted by molar-refractivity contribution is 5.58. The molecule has 1 aromatic carbocycles. The molecule has 90 valence electrons. The lowest BCUT2D eigenvalue weighted by atomic mass is 10.1. The van der Waals surface area contributed by atoms with E-state index in [0.29, 0.717) is 6.54 Å². The van der Waals surface area contributed by atoms with E-state index in [1.165, 1.54) is 16.8 Å². The molecule has 17 heavy (non-hydrogen) atoms. The van der Waals surface area contributed by atoms with Crippen LogP contribution in [0.25, 0.3) is 11.4 Å². The van der Waals surface area contributed by atoms with Gasteiger partial charge in [0.2, 0.25) is 0 Å². The average Bonchev–Trinajstić information content (AvgIpc) is 2.58. The third-order valence-corrected chi connectivity index (χ3v) is 3.14. The van der Waals surface area contributed by atoms with Gasteiger partial charge in [0.1, 0.15) is 5.82 Å². The second kappa shape index (κ2) is 4.72. The van der Waals surface area contributed by atoms with Gasteiger partial charge in [-0.15, -0.1) is 0 Å². The van der Waals surface area contributed by atoms with E-state index in [4.69, 9.17) is 10.7 Å². The molecule has 3 nitrogen and oxygen atoms in total. The van der Waals surface area contributed by atoms with Gasteiger partial charge in [0.05, 0.1) is 5.69 Å². The Morgan fingerprint density at radius 2 is 2.06 bits per heavy atom. The van der Waals surface area contributed by atoms with E-state index >= 15 is 0 Å². The lowest BCUT2D eigenvalue weighted by Gasteiger charge is -2.03. The van der Waals surface area contributed by atoms with Gasteiger partial charge in [-0.3, -0.25) is 0 Å². The van der Waals surface area contributed by atoms with Crippen LogP contribution in [0.2, 0.25) is 0 Å². The Morgan fingerprint density at radius 1 is 1.29 bits per heavy atom. The van der Waals surface area contributed by atoms with Crippen LogP contribution in [0.1, 0.15) is 17.0 Å². The maximum Gasteiger partial charge on any atom is 0.140 e. The molecule has 0 atom stereocenters. The number of benzene rings is 1. The largest absolute Gasteiger partial charge is 0.331 e. The van der Waals surface area contributed by atoms with Crippen LogP contribution in [-0.2, 0) is 13.5 Å². The van der Waals surface area contributed by atoms with Crippen molar-refractivity contribution in [2.75, 3.05) is 6.54 Å². The summed E-state index contributed by atoms with van der Waals surface area (Å²) in [5, 5.41) is 0. The summed E-state index contributed by atoms with van der Waals surface area (Å²) in [6, 6.07) is 8.42. The van der Waals surface area contributed by atoms with Crippen molar-refractivity contribution < 1.29 is 0 Å². The van der Waals surface area contributed by atoms with E-state index in [9.17, 15) is 0 Å². The van der Waals surface area contributed by atoms with Crippen LogP contribution in [0.5, 0.6) is 0 Å². The topological polar surface area (TPSA) is 43.8 Å². The summed E-state index contributed by atoms with van der Waals surface area (Å²) >= 11 is 0. The number of hydrogen-bond donors (Lipinski definition) is 1. The van der Waals surface area contributed by atoms with Gasteiger partial charge in [-0.25, -0.2) is 4.98 Å². The Kier molecular flexibility index (Phi) is 3.29. The normalized spacial score (nSPS) is 10.8. The van der Waals surface area contributed by atoms with Crippen molar-refractivity contribution in [3.63, 3.8) is 0 Å². The van der Waals surface area contributed by atoms with Crippen LogP contribution >= 0.6 is 0 Å². The van der Waals surface area contributed by atoms with Gasteiger partial charge in [-0.05, 0) is 26.5 Å². The monoisotopic (exact) mass is 229 g/mol. The molecule has 2 aromatic rings. The van der Waals surface area contributed by atoms with Gasteiger partial charge in [0, 0.05) is 24.7 Å². The third kappa shape index (κ3) is 2.24. The van der Waals surface area contributed by atoms with Crippen LogP contribution in [-0.4, -0.2) is 16.1 Å². The summed E-state index contributed by atoms with van der Waals surface area (Å²) in [7, 11) is 2.06. The fourth-order valence-electron chi connectivity index (χ4n) is 2.05. The number of hydrogen-bond acceptors (Lipinski definition) is 2. The molecule has 0 amide bonds. The summed E-state index contributed by atoms with van der Waals surface area (Å²) in [5.74, 6) is 1.02. The van der Waals surface area contributed by atoms with E-state index in [1.54, 1.807) is 0 Å². The first-order valence-corrected chi connectivity index (χ1v) is 5.92. The first-order valence-electron chi connectivity index (χ1n) is 5.92. The van der Waals surface area contributed by atoms with Gasteiger partial charge in [-0.1, -0.05) is 23.8 Å². The van der Waals surface area contributed by atoms with E-state index in [1.807, 2.05) is 0 Å². The van der Waals surface area contributed by atoms with Crippen LogP contribution in [0.3, 0.4) is 0 Å². The highest BCUT2D eigenvalue weighted by Gasteiger charge is 2.11. The molecule has 1 heterocycles. The molecule has 2 rings (SSSR count). The zero-order valence-electron chi connectivity index (χ0n) is 10.7. The molecule has 0 aliphatic heterocycles. The zero-order valence-corrected chi connectivity index (χ0v) is 10.7. The van der Waals surface area contributed by atoms with Gasteiger partial charge >= 0.3 is 0 Å². The maximum absolute atomic E-state index is 5.60. The number of imidazole rings is 1. The highest BCUT2D eigenvalue weighted by Crippen LogP contribution is 2.22. The molecule has 0 saturated carbocycles. The van der Waals surface area contributed by atoms with Crippen molar-refractivity contribution in [2.24, 2.45) is 12.8 Å². The van der Waals surface area contributed by atoms with Crippen molar-refractivity contribution in [3.05, 3.63) is 41.2 Å². The number of nitrogens with zero attached hydrogens (tertiary/aromatic N) is 2. The molecule has 2 N–H and O–H groups in total. The van der Waals surface area contributed by atoms with Crippen molar-refractivity contribution in [1.82, 2.24) is 9.55 Å². The number of aryl methyl sites for hydroxylation is 1. The molecule has 0 bridgehead atoms. The van der Waals surface area contributed by atoms with Crippen LogP contribution in [0, 0.1) is 13.8 Å². The molecular weight excluding hydrogens is 210 g/mol. The van der Waals surface area contributed by atoms with Crippen molar-refractivity contribution in [2.45, 2.75) is 20.3 Å². The standard InChI is InChI=1S/C14H19N3/c1-10-5-4-6-12(9-10)14-16-13(7-8-15)11(2)17(14)3/h4-6,9H,7-8,15H2,1-3H3. The molecule has 0 spiro atoms. The molecule has 0 aliphatic carbocycles. The average molecular weight is 229 g/mol. The summed E-state index contributed by atoms with van der Waals surface area (Å²) in [6.45, 7) is 4.84. The lowest BCUT2D eigenvalue weighted by molar-refractivity contribution is 0.865.